The zero-order valence-electron chi connectivity index (χ0n) is 8.82. The lowest BCUT2D eigenvalue weighted by molar-refractivity contribution is 0.187. The molecule has 0 radical (unpaired) electrons. The average molecular weight is 220 g/mol. The predicted octanol–water partition coefficient (Wildman–Crippen LogP) is 2.32. The molecular formula is C12H13FN2O. The quantitative estimate of drug-likeness (QED) is 0.801. The highest BCUT2D eigenvalue weighted by Crippen LogP contribution is 2.30. The first kappa shape index (κ1) is 9.66. The smallest absolute Gasteiger partial charge is 0.124 e. The zero-order valence-corrected chi connectivity index (χ0v) is 8.82. The van der Waals surface area contributed by atoms with Crippen molar-refractivity contribution in [3.8, 4) is 0 Å². The van der Waals surface area contributed by atoms with E-state index in [1.54, 1.807) is 6.07 Å². The van der Waals surface area contributed by atoms with Crippen LogP contribution in [-0.2, 0) is 4.74 Å². The van der Waals surface area contributed by atoms with E-state index < -0.39 is 0 Å². The Morgan fingerprint density at radius 3 is 3.06 bits per heavy atom. The highest BCUT2D eigenvalue weighted by Gasteiger charge is 2.20. The Morgan fingerprint density at radius 1 is 1.44 bits per heavy atom. The van der Waals surface area contributed by atoms with E-state index in [0.29, 0.717) is 18.3 Å². The molecule has 1 atom stereocenters. The Bertz CT molecular complexity index is 529. The molecule has 1 aromatic heterocycles. The van der Waals surface area contributed by atoms with Gasteiger partial charge < -0.3 is 15.0 Å². The van der Waals surface area contributed by atoms with Gasteiger partial charge in [-0.25, -0.2) is 4.39 Å². The minimum atomic E-state index is -0.250. The molecule has 0 aliphatic carbocycles. The van der Waals surface area contributed by atoms with Gasteiger partial charge in [0.15, 0.2) is 0 Å². The van der Waals surface area contributed by atoms with E-state index in [1.807, 2.05) is 6.20 Å². The Hall–Kier alpha value is -1.55. The highest BCUT2D eigenvalue weighted by atomic mass is 19.1. The molecule has 1 aliphatic heterocycles. The first-order valence-electron chi connectivity index (χ1n) is 5.39. The van der Waals surface area contributed by atoms with Crippen molar-refractivity contribution >= 4 is 16.6 Å². The van der Waals surface area contributed by atoms with Gasteiger partial charge in [-0.05, 0) is 24.6 Å². The summed E-state index contributed by atoms with van der Waals surface area (Å²) in [5.41, 5.74) is 7.49. The molecule has 0 saturated carbocycles. The van der Waals surface area contributed by atoms with Crippen LogP contribution < -0.4 is 5.73 Å². The van der Waals surface area contributed by atoms with Gasteiger partial charge in [0.2, 0.25) is 0 Å². The Morgan fingerprint density at radius 2 is 2.31 bits per heavy atom. The second-order valence-electron chi connectivity index (χ2n) is 4.17. The van der Waals surface area contributed by atoms with Crippen molar-refractivity contribution < 1.29 is 9.13 Å². The second-order valence-corrected chi connectivity index (χ2v) is 4.17. The molecule has 3 nitrogen and oxygen atoms in total. The molecule has 2 aromatic rings. The maximum atomic E-state index is 13.1. The lowest BCUT2D eigenvalue weighted by atomic mass is 10.2. The fourth-order valence-electron chi connectivity index (χ4n) is 2.30. The van der Waals surface area contributed by atoms with Gasteiger partial charge in [-0.1, -0.05) is 0 Å². The number of fused-ring (bicyclic) bond motifs is 1. The number of benzene rings is 1. The van der Waals surface area contributed by atoms with Crippen molar-refractivity contribution in [2.75, 3.05) is 18.9 Å². The third-order valence-corrected chi connectivity index (χ3v) is 3.12. The largest absolute Gasteiger partial charge is 0.397 e. The third kappa shape index (κ3) is 1.38. The van der Waals surface area contributed by atoms with Crippen LogP contribution in [0.5, 0.6) is 0 Å². The number of hydrogen-bond acceptors (Lipinski definition) is 2. The van der Waals surface area contributed by atoms with Crippen LogP contribution in [0, 0.1) is 5.82 Å². The minimum absolute atomic E-state index is 0.250. The molecule has 84 valence electrons. The van der Waals surface area contributed by atoms with Crippen LogP contribution in [-0.4, -0.2) is 17.8 Å². The molecule has 0 bridgehead atoms. The number of nitrogen functional groups attached to an aromatic ring is 1. The van der Waals surface area contributed by atoms with Crippen LogP contribution in [0.2, 0.25) is 0 Å². The van der Waals surface area contributed by atoms with E-state index in [9.17, 15) is 4.39 Å². The summed E-state index contributed by atoms with van der Waals surface area (Å²) in [6, 6.07) is 5.05. The molecule has 0 spiro atoms. The number of aromatic nitrogens is 1. The van der Waals surface area contributed by atoms with E-state index in [1.165, 1.54) is 12.1 Å². The second kappa shape index (κ2) is 3.49. The fourth-order valence-corrected chi connectivity index (χ4v) is 2.30. The molecule has 1 aromatic carbocycles. The average Bonchev–Trinajstić information content (AvgIpc) is 2.87. The van der Waals surface area contributed by atoms with Gasteiger partial charge in [-0.3, -0.25) is 0 Å². The van der Waals surface area contributed by atoms with Crippen LogP contribution in [0.15, 0.2) is 24.4 Å². The Balaban J connectivity index is 2.18. The summed E-state index contributed by atoms with van der Waals surface area (Å²) in [6.45, 7) is 1.49. The Kier molecular flexibility index (Phi) is 2.11. The van der Waals surface area contributed by atoms with Crippen molar-refractivity contribution in [1.82, 2.24) is 4.57 Å². The van der Waals surface area contributed by atoms with Gasteiger partial charge in [0, 0.05) is 18.2 Å². The summed E-state index contributed by atoms with van der Waals surface area (Å²) < 4.78 is 20.6. The highest BCUT2D eigenvalue weighted by molar-refractivity contribution is 5.92. The molecule has 2 heterocycles. The predicted molar refractivity (Wildman–Crippen MR) is 60.8 cm³/mol. The van der Waals surface area contributed by atoms with E-state index in [4.69, 9.17) is 10.5 Å². The van der Waals surface area contributed by atoms with E-state index in [-0.39, 0.29) is 5.82 Å². The molecule has 1 aliphatic rings. The summed E-state index contributed by atoms with van der Waals surface area (Å²) in [4.78, 5) is 0. The molecule has 3 rings (SSSR count). The Labute approximate surface area is 92.6 Å². The standard InChI is InChI=1S/C12H13FN2O/c13-8-1-2-12-10(5-8)11(14)6-15(12)9-3-4-16-7-9/h1-2,5-6,9H,3-4,7,14H2/t9-/m0/s1. The van der Waals surface area contributed by atoms with Crippen LogP contribution in [0.1, 0.15) is 12.5 Å². The molecule has 16 heavy (non-hydrogen) atoms. The number of nitrogens with two attached hydrogens (primary N) is 1. The van der Waals surface area contributed by atoms with Gasteiger partial charge in [0.1, 0.15) is 5.82 Å². The van der Waals surface area contributed by atoms with Crippen molar-refractivity contribution in [2.45, 2.75) is 12.5 Å². The number of rotatable bonds is 1. The first-order valence-corrected chi connectivity index (χ1v) is 5.39. The van der Waals surface area contributed by atoms with Crippen LogP contribution in [0.3, 0.4) is 0 Å². The number of anilines is 1. The zero-order chi connectivity index (χ0) is 11.1. The number of nitrogens with zero attached hydrogens (tertiary/aromatic N) is 1. The first-order chi connectivity index (χ1) is 7.75. The summed E-state index contributed by atoms with van der Waals surface area (Å²) in [5.74, 6) is -0.250. The number of ether oxygens (including phenoxy) is 1. The molecule has 1 fully saturated rings. The van der Waals surface area contributed by atoms with Gasteiger partial charge in [0.25, 0.3) is 0 Å². The lowest BCUT2D eigenvalue weighted by Crippen LogP contribution is -2.06. The van der Waals surface area contributed by atoms with Crippen molar-refractivity contribution in [3.05, 3.63) is 30.2 Å². The summed E-state index contributed by atoms with van der Waals surface area (Å²) in [5, 5.41) is 0.784. The molecule has 0 unspecified atom stereocenters. The molecular weight excluding hydrogens is 207 g/mol. The topological polar surface area (TPSA) is 40.2 Å². The van der Waals surface area contributed by atoms with Crippen LogP contribution in [0.25, 0.3) is 10.9 Å². The normalized spacial score (nSPS) is 20.7. The van der Waals surface area contributed by atoms with E-state index in [2.05, 4.69) is 4.57 Å². The van der Waals surface area contributed by atoms with E-state index >= 15 is 0 Å². The summed E-state index contributed by atoms with van der Waals surface area (Å²) >= 11 is 0. The lowest BCUT2D eigenvalue weighted by Gasteiger charge is -2.11. The van der Waals surface area contributed by atoms with Crippen molar-refractivity contribution in [2.24, 2.45) is 0 Å². The molecule has 0 amide bonds. The van der Waals surface area contributed by atoms with Crippen molar-refractivity contribution in [3.63, 3.8) is 0 Å². The number of halogens is 1. The van der Waals surface area contributed by atoms with Crippen LogP contribution >= 0.6 is 0 Å². The summed E-state index contributed by atoms with van der Waals surface area (Å²) in [6.07, 6.45) is 2.87. The maximum absolute atomic E-state index is 13.1. The summed E-state index contributed by atoms with van der Waals surface area (Å²) in [7, 11) is 0. The van der Waals surface area contributed by atoms with Gasteiger partial charge in [0.05, 0.1) is 23.9 Å². The van der Waals surface area contributed by atoms with Gasteiger partial charge in [-0.15, -0.1) is 0 Å². The van der Waals surface area contributed by atoms with Gasteiger partial charge in [-0.2, -0.15) is 0 Å². The molecule has 2 N–H and O–H groups in total. The minimum Gasteiger partial charge on any atom is -0.397 e. The SMILES string of the molecule is Nc1cn([C@H]2CCOC2)c2ccc(F)cc12. The van der Waals surface area contributed by atoms with E-state index in [0.717, 1.165) is 23.9 Å². The van der Waals surface area contributed by atoms with Gasteiger partial charge >= 0.3 is 0 Å². The number of hydrogen-bond donors (Lipinski definition) is 1. The van der Waals surface area contributed by atoms with Crippen LogP contribution in [0.4, 0.5) is 10.1 Å². The maximum Gasteiger partial charge on any atom is 0.124 e. The third-order valence-electron chi connectivity index (χ3n) is 3.12. The molecule has 4 heteroatoms. The van der Waals surface area contributed by atoms with Crippen molar-refractivity contribution in [1.29, 1.82) is 0 Å². The monoisotopic (exact) mass is 220 g/mol. The molecule has 1 saturated heterocycles. The fraction of sp³-hybridized carbons (Fsp3) is 0.333.